The number of unbranched alkanes of at least 4 members (excludes halogenated alkanes) is 20. The van der Waals surface area contributed by atoms with E-state index in [-0.39, 0.29) is 6.15 Å². The van der Waals surface area contributed by atoms with Gasteiger partial charge >= 0.3 is 0 Å². The van der Waals surface area contributed by atoms with Crippen LogP contribution in [0.3, 0.4) is 0 Å². The fourth-order valence-corrected chi connectivity index (χ4v) is 5.58. The van der Waals surface area contributed by atoms with Crippen LogP contribution < -0.4 is 6.15 Å². The molecule has 3 N–H and O–H groups in total. The first kappa shape index (κ1) is 36.1. The quantitative estimate of drug-likeness (QED) is 0.0871. The maximum atomic E-state index is 2.34. The Kier molecular flexibility index (Phi) is 30.9. The smallest absolute Gasteiger partial charge is 0.0786 e. The van der Waals surface area contributed by atoms with E-state index in [9.17, 15) is 0 Å². The van der Waals surface area contributed by atoms with Gasteiger partial charge in [0.25, 0.3) is 0 Å². The Hall–Kier alpha value is -0.0800. The van der Waals surface area contributed by atoms with Gasteiger partial charge in [-0.05, 0) is 51.4 Å². The molecule has 0 spiro atoms. The summed E-state index contributed by atoms with van der Waals surface area (Å²) < 4.78 is 1.48. The highest BCUT2D eigenvalue weighted by atomic mass is 15.3. The van der Waals surface area contributed by atoms with Gasteiger partial charge in [0.2, 0.25) is 0 Å². The van der Waals surface area contributed by atoms with Gasteiger partial charge in [-0.1, -0.05) is 130 Å². The van der Waals surface area contributed by atoms with E-state index < -0.39 is 0 Å². The summed E-state index contributed by atoms with van der Waals surface area (Å²) in [4.78, 5) is 0. The van der Waals surface area contributed by atoms with Gasteiger partial charge in [-0.2, -0.15) is 0 Å². The van der Waals surface area contributed by atoms with Gasteiger partial charge in [-0.15, -0.1) is 0 Å². The molecule has 0 saturated carbocycles. The zero-order chi connectivity index (χ0) is 24.3. The monoisotopic (exact) mass is 484 g/mol. The standard InChI is InChI=1S/C32H68N.H3N/c1-5-9-13-17-21-25-29-33(30-26-22-18-14-10-6-2,31-27-23-19-15-11-7-3)32-28-24-20-16-12-8-4;/h5-32H2,1-4H3;1H3/q+1;. The predicted molar refractivity (Wildman–Crippen MR) is 158 cm³/mol. The predicted octanol–water partition coefficient (Wildman–Crippen LogP) is 11.4. The van der Waals surface area contributed by atoms with Crippen molar-refractivity contribution in [3.8, 4) is 0 Å². The third-order valence-electron chi connectivity index (χ3n) is 7.94. The Bertz CT molecular complexity index is 285. The lowest BCUT2D eigenvalue weighted by molar-refractivity contribution is -0.929. The van der Waals surface area contributed by atoms with Crippen molar-refractivity contribution in [2.45, 2.75) is 182 Å². The third-order valence-corrected chi connectivity index (χ3v) is 7.94. The molecule has 0 heterocycles. The molecule has 0 bridgehead atoms. The first-order valence-electron chi connectivity index (χ1n) is 16.1. The summed E-state index contributed by atoms with van der Waals surface area (Å²) in [7, 11) is 0. The van der Waals surface area contributed by atoms with E-state index in [4.69, 9.17) is 0 Å². The van der Waals surface area contributed by atoms with E-state index in [1.807, 2.05) is 0 Å². The van der Waals surface area contributed by atoms with Gasteiger partial charge in [0, 0.05) is 0 Å². The summed E-state index contributed by atoms with van der Waals surface area (Å²) in [5.74, 6) is 0. The van der Waals surface area contributed by atoms with E-state index in [1.54, 1.807) is 0 Å². The lowest BCUT2D eigenvalue weighted by Gasteiger charge is -2.40. The average Bonchev–Trinajstić information content (AvgIpc) is 2.83. The molecule has 0 rings (SSSR count). The molecule has 0 aromatic rings. The number of quaternary nitrogens is 1. The topological polar surface area (TPSA) is 35.0 Å². The van der Waals surface area contributed by atoms with Crippen molar-refractivity contribution < 1.29 is 4.48 Å². The minimum Gasteiger partial charge on any atom is -0.344 e. The third kappa shape index (κ3) is 23.7. The van der Waals surface area contributed by atoms with Crippen LogP contribution in [0.25, 0.3) is 0 Å². The molecular weight excluding hydrogens is 412 g/mol. The van der Waals surface area contributed by atoms with Crippen LogP contribution in [0, 0.1) is 0 Å². The normalized spacial score (nSPS) is 11.6. The molecule has 2 nitrogen and oxygen atoms in total. The molecule has 208 valence electrons. The van der Waals surface area contributed by atoms with Crippen molar-refractivity contribution in [2.24, 2.45) is 0 Å². The molecule has 0 saturated heterocycles. The Balaban J connectivity index is 0. The minimum atomic E-state index is 0. The summed E-state index contributed by atoms with van der Waals surface area (Å²) >= 11 is 0. The van der Waals surface area contributed by atoms with Gasteiger partial charge in [0.1, 0.15) is 0 Å². The molecule has 34 heavy (non-hydrogen) atoms. The van der Waals surface area contributed by atoms with E-state index in [0.717, 1.165) is 0 Å². The summed E-state index contributed by atoms with van der Waals surface area (Å²) in [6, 6.07) is 0. The second-order valence-corrected chi connectivity index (χ2v) is 11.3. The van der Waals surface area contributed by atoms with Crippen molar-refractivity contribution in [1.82, 2.24) is 6.15 Å². The van der Waals surface area contributed by atoms with Crippen LogP contribution in [-0.4, -0.2) is 30.7 Å². The first-order valence-corrected chi connectivity index (χ1v) is 16.1. The lowest BCUT2D eigenvalue weighted by Crippen LogP contribution is -2.50. The molecule has 0 fully saturated rings. The molecule has 2 heteroatoms. The number of nitrogens with zero attached hydrogens (tertiary/aromatic N) is 1. The fourth-order valence-electron chi connectivity index (χ4n) is 5.58. The molecule has 0 aromatic heterocycles. The second kappa shape index (κ2) is 29.2. The van der Waals surface area contributed by atoms with Crippen molar-refractivity contribution in [1.29, 1.82) is 0 Å². The molecule has 0 atom stereocenters. The van der Waals surface area contributed by atoms with Crippen molar-refractivity contribution in [2.75, 3.05) is 26.2 Å². The van der Waals surface area contributed by atoms with Gasteiger partial charge in [-0.3, -0.25) is 0 Å². The molecule has 0 aliphatic heterocycles. The van der Waals surface area contributed by atoms with Crippen LogP contribution in [0.1, 0.15) is 182 Å². The molecule has 0 amide bonds. The number of hydrogen-bond donors (Lipinski definition) is 1. The van der Waals surface area contributed by atoms with E-state index >= 15 is 0 Å². The second-order valence-electron chi connectivity index (χ2n) is 11.3. The Morgan fingerprint density at radius 2 is 0.441 bits per heavy atom. The van der Waals surface area contributed by atoms with Crippen LogP contribution in [0.5, 0.6) is 0 Å². The number of hydrogen-bond acceptors (Lipinski definition) is 1. The fraction of sp³-hybridized carbons (Fsp3) is 1.00. The highest BCUT2D eigenvalue weighted by Gasteiger charge is 2.25. The van der Waals surface area contributed by atoms with Crippen LogP contribution >= 0.6 is 0 Å². The average molecular weight is 484 g/mol. The maximum absolute atomic E-state index is 2.34. The first-order chi connectivity index (χ1) is 16.2. The Morgan fingerprint density at radius 1 is 0.265 bits per heavy atom. The van der Waals surface area contributed by atoms with Gasteiger partial charge in [-0.25, -0.2) is 0 Å². The van der Waals surface area contributed by atoms with Gasteiger partial charge < -0.3 is 10.6 Å². The summed E-state index contributed by atoms with van der Waals surface area (Å²) in [5, 5.41) is 0. The zero-order valence-corrected chi connectivity index (χ0v) is 25.0. The Morgan fingerprint density at radius 3 is 0.647 bits per heavy atom. The molecule has 0 unspecified atom stereocenters. The lowest BCUT2D eigenvalue weighted by atomic mass is 10.0. The molecule has 0 aromatic carbocycles. The molecule has 0 radical (unpaired) electrons. The van der Waals surface area contributed by atoms with Crippen molar-refractivity contribution >= 4 is 0 Å². The van der Waals surface area contributed by atoms with Crippen LogP contribution in [-0.2, 0) is 0 Å². The van der Waals surface area contributed by atoms with Crippen LogP contribution in [0.15, 0.2) is 0 Å². The van der Waals surface area contributed by atoms with Gasteiger partial charge in [0.15, 0.2) is 0 Å². The summed E-state index contributed by atoms with van der Waals surface area (Å²) in [6.07, 6.45) is 34.8. The van der Waals surface area contributed by atoms with Crippen LogP contribution in [0.2, 0.25) is 0 Å². The van der Waals surface area contributed by atoms with E-state index in [2.05, 4.69) is 27.7 Å². The molecular formula is C32H71N2+. The minimum absolute atomic E-state index is 0. The largest absolute Gasteiger partial charge is 0.344 e. The molecule has 0 aliphatic carbocycles. The van der Waals surface area contributed by atoms with Crippen LogP contribution in [0.4, 0.5) is 0 Å². The number of rotatable bonds is 28. The van der Waals surface area contributed by atoms with Crippen molar-refractivity contribution in [3.63, 3.8) is 0 Å². The molecule has 0 aliphatic rings. The van der Waals surface area contributed by atoms with Gasteiger partial charge in [0.05, 0.1) is 26.2 Å². The summed E-state index contributed by atoms with van der Waals surface area (Å²) in [5.41, 5.74) is 0. The summed E-state index contributed by atoms with van der Waals surface area (Å²) in [6.45, 7) is 15.3. The highest BCUT2D eigenvalue weighted by Crippen LogP contribution is 2.20. The SMILES string of the molecule is CCCCCCCC[N+](CCCCCCCC)(CCCCCCCC)CCCCCCCC.N. The van der Waals surface area contributed by atoms with E-state index in [1.165, 1.54) is 185 Å². The van der Waals surface area contributed by atoms with E-state index in [0.29, 0.717) is 0 Å². The highest BCUT2D eigenvalue weighted by molar-refractivity contribution is 4.55. The van der Waals surface area contributed by atoms with Crippen molar-refractivity contribution in [3.05, 3.63) is 0 Å². The Labute approximate surface area is 218 Å². The maximum Gasteiger partial charge on any atom is 0.0786 e. The zero-order valence-electron chi connectivity index (χ0n) is 25.0.